The van der Waals surface area contributed by atoms with E-state index in [-0.39, 0.29) is 12.1 Å². The van der Waals surface area contributed by atoms with Gasteiger partial charge in [-0.2, -0.15) is 5.26 Å². The van der Waals surface area contributed by atoms with Gasteiger partial charge in [0.25, 0.3) is 0 Å². The van der Waals surface area contributed by atoms with E-state index in [1.807, 2.05) is 13.0 Å². The van der Waals surface area contributed by atoms with E-state index in [9.17, 15) is 4.79 Å². The molecule has 0 amide bonds. The number of nitrogens with two attached hydrogens (primary N) is 1. The molecule has 3 N–H and O–H groups in total. The molecule has 1 aromatic carbocycles. The summed E-state index contributed by atoms with van der Waals surface area (Å²) < 4.78 is 5.33. The highest BCUT2D eigenvalue weighted by Gasteiger charge is 2.41. The lowest BCUT2D eigenvalue weighted by Crippen LogP contribution is -2.53. The molecule has 1 aliphatic carbocycles. The van der Waals surface area contributed by atoms with Crippen LogP contribution in [0.3, 0.4) is 0 Å². The topological polar surface area (TPSA) is 88.1 Å². The molecule has 2 unspecified atom stereocenters. The van der Waals surface area contributed by atoms with Gasteiger partial charge in [0.2, 0.25) is 0 Å². The highest BCUT2D eigenvalue weighted by atomic mass is 35.5. The summed E-state index contributed by atoms with van der Waals surface area (Å²) in [5.74, 6) is -0.306. The van der Waals surface area contributed by atoms with Gasteiger partial charge in [-0.3, -0.25) is 4.79 Å². The highest BCUT2D eigenvalue weighted by molar-refractivity contribution is 6.32. The Bertz CT molecular complexity index is 627. The third-order valence-corrected chi connectivity index (χ3v) is 4.66. The Balaban J connectivity index is 2.11. The Morgan fingerprint density at radius 1 is 1.64 bits per heavy atom. The van der Waals surface area contributed by atoms with Gasteiger partial charge < -0.3 is 15.8 Å². The Kier molecular flexibility index (Phi) is 4.94. The first-order valence-electron chi connectivity index (χ1n) is 7.26. The number of benzene rings is 1. The number of nitriles is 1. The molecule has 1 saturated carbocycles. The van der Waals surface area contributed by atoms with Crippen LogP contribution < -0.4 is 11.1 Å². The van der Waals surface area contributed by atoms with E-state index < -0.39 is 5.54 Å². The lowest BCUT2D eigenvalue weighted by atomic mass is 9.96. The molecule has 2 rings (SSSR count). The zero-order chi connectivity index (χ0) is 16.3. The van der Waals surface area contributed by atoms with Crippen molar-refractivity contribution in [2.24, 2.45) is 5.73 Å². The molecule has 1 fully saturated rings. The lowest BCUT2D eigenvalue weighted by Gasteiger charge is -2.31. The first-order valence-corrected chi connectivity index (χ1v) is 7.64. The predicted octanol–water partition coefficient (Wildman–Crippen LogP) is 2.75. The van der Waals surface area contributed by atoms with Crippen molar-refractivity contribution >= 4 is 23.3 Å². The fraction of sp³-hybridized carbons (Fsp3) is 0.500. The van der Waals surface area contributed by atoms with Gasteiger partial charge in [0, 0.05) is 19.2 Å². The first kappa shape index (κ1) is 16.6. The van der Waals surface area contributed by atoms with Crippen LogP contribution in [0.1, 0.15) is 37.3 Å². The second-order valence-corrected chi connectivity index (χ2v) is 6.17. The average Bonchev–Trinajstić information content (AvgIpc) is 2.81. The minimum atomic E-state index is -0.585. The summed E-state index contributed by atoms with van der Waals surface area (Å²) in [4.78, 5) is 11.2. The molecule has 22 heavy (non-hydrogen) atoms. The number of nitrogens with zero attached hydrogens (tertiary/aromatic N) is 1. The van der Waals surface area contributed by atoms with E-state index in [1.54, 1.807) is 6.07 Å². The number of hydrogen-bond acceptors (Lipinski definition) is 5. The third-order valence-electron chi connectivity index (χ3n) is 4.17. The summed E-state index contributed by atoms with van der Waals surface area (Å²) in [6.45, 7) is 3.73. The van der Waals surface area contributed by atoms with E-state index in [4.69, 9.17) is 27.3 Å². The fourth-order valence-corrected chi connectivity index (χ4v) is 3.07. The summed E-state index contributed by atoms with van der Waals surface area (Å²) in [7, 11) is 0. The van der Waals surface area contributed by atoms with Gasteiger partial charge in [0.05, 0.1) is 16.1 Å². The number of halogens is 1. The maximum Gasteiger partial charge on any atom is 0.302 e. The quantitative estimate of drug-likeness (QED) is 0.832. The Morgan fingerprint density at radius 3 is 3.00 bits per heavy atom. The monoisotopic (exact) mass is 321 g/mol. The molecule has 5 nitrogen and oxygen atoms in total. The number of hydrogen-bond donors (Lipinski definition) is 2. The van der Waals surface area contributed by atoms with Crippen LogP contribution in [-0.4, -0.2) is 24.2 Å². The molecule has 118 valence electrons. The van der Waals surface area contributed by atoms with Gasteiger partial charge >= 0.3 is 5.97 Å². The number of rotatable bonds is 4. The van der Waals surface area contributed by atoms with Crippen molar-refractivity contribution in [2.75, 3.05) is 11.9 Å². The van der Waals surface area contributed by atoms with Gasteiger partial charge in [-0.1, -0.05) is 11.6 Å². The van der Waals surface area contributed by atoms with Gasteiger partial charge in [-0.15, -0.1) is 0 Å². The molecule has 1 aliphatic rings. The number of carbonyl (C=O) groups is 1. The van der Waals surface area contributed by atoms with Crippen LogP contribution >= 0.6 is 11.6 Å². The third kappa shape index (κ3) is 3.34. The van der Waals surface area contributed by atoms with E-state index in [0.29, 0.717) is 17.1 Å². The molecule has 0 bridgehead atoms. The maximum absolute atomic E-state index is 11.2. The largest absolute Gasteiger partial charge is 0.461 e. The normalized spacial score (nSPS) is 23.9. The van der Waals surface area contributed by atoms with Crippen molar-refractivity contribution in [3.8, 4) is 6.07 Å². The van der Waals surface area contributed by atoms with E-state index >= 15 is 0 Å². The Labute approximate surface area is 135 Å². The van der Waals surface area contributed by atoms with Crippen molar-refractivity contribution < 1.29 is 9.53 Å². The zero-order valence-electron chi connectivity index (χ0n) is 12.8. The molecule has 2 atom stereocenters. The molecular formula is C16H20ClN3O2. The van der Waals surface area contributed by atoms with Crippen LogP contribution in [0.25, 0.3) is 0 Å². The van der Waals surface area contributed by atoms with Crippen molar-refractivity contribution in [2.45, 2.75) is 44.8 Å². The van der Waals surface area contributed by atoms with Gasteiger partial charge in [0.15, 0.2) is 0 Å². The molecule has 0 aromatic heterocycles. The minimum Gasteiger partial charge on any atom is -0.461 e. The van der Waals surface area contributed by atoms with E-state index in [0.717, 1.165) is 30.5 Å². The second-order valence-electron chi connectivity index (χ2n) is 5.79. The summed E-state index contributed by atoms with van der Waals surface area (Å²) in [5, 5.41) is 12.7. The van der Waals surface area contributed by atoms with Crippen LogP contribution in [0.5, 0.6) is 0 Å². The van der Waals surface area contributed by atoms with Crippen molar-refractivity contribution in [1.29, 1.82) is 5.26 Å². The number of ether oxygens (including phenoxy) is 1. The van der Waals surface area contributed by atoms with Crippen molar-refractivity contribution in [3.05, 3.63) is 28.3 Å². The molecule has 0 heterocycles. The number of esters is 1. The van der Waals surface area contributed by atoms with Crippen LogP contribution in [0, 0.1) is 18.3 Å². The molecule has 0 radical (unpaired) electrons. The number of carbonyl (C=O) groups excluding carboxylic acids is 1. The van der Waals surface area contributed by atoms with Crippen molar-refractivity contribution in [1.82, 2.24) is 0 Å². The van der Waals surface area contributed by atoms with Gasteiger partial charge in [-0.05, 0) is 43.9 Å². The smallest absolute Gasteiger partial charge is 0.302 e. The summed E-state index contributed by atoms with van der Waals surface area (Å²) in [6.07, 6.45) is 2.24. The highest BCUT2D eigenvalue weighted by Crippen LogP contribution is 2.32. The first-order chi connectivity index (χ1) is 10.4. The molecular weight excluding hydrogens is 302 g/mol. The van der Waals surface area contributed by atoms with Crippen LogP contribution in [0.15, 0.2) is 12.1 Å². The lowest BCUT2D eigenvalue weighted by molar-refractivity contribution is -0.148. The summed E-state index contributed by atoms with van der Waals surface area (Å²) in [6, 6.07) is 5.55. The SMILES string of the molecule is CC(=O)OC1CCCC1(N)CNc1ccc(C#N)c(Cl)c1C. The molecule has 0 saturated heterocycles. The second kappa shape index (κ2) is 6.55. The number of nitrogens with one attached hydrogen (secondary N) is 1. The molecule has 6 heteroatoms. The standard InChI is InChI=1S/C16H20ClN3O2/c1-10-13(6-5-12(8-18)15(10)17)20-9-16(19)7-3-4-14(16)22-11(2)21/h5-6,14,20H,3-4,7,9,19H2,1-2H3. The van der Waals surface area contributed by atoms with Crippen LogP contribution in [0.4, 0.5) is 5.69 Å². The van der Waals surface area contributed by atoms with Gasteiger partial charge in [-0.25, -0.2) is 0 Å². The predicted molar refractivity (Wildman–Crippen MR) is 85.7 cm³/mol. The van der Waals surface area contributed by atoms with E-state index in [1.165, 1.54) is 6.92 Å². The zero-order valence-corrected chi connectivity index (χ0v) is 13.5. The summed E-state index contributed by atoms with van der Waals surface area (Å²) in [5.41, 5.74) is 7.93. The Hall–Kier alpha value is -1.77. The number of anilines is 1. The average molecular weight is 322 g/mol. The van der Waals surface area contributed by atoms with Crippen LogP contribution in [0.2, 0.25) is 5.02 Å². The van der Waals surface area contributed by atoms with Gasteiger partial charge in [0.1, 0.15) is 12.2 Å². The van der Waals surface area contributed by atoms with E-state index in [2.05, 4.69) is 11.4 Å². The van der Waals surface area contributed by atoms with Crippen molar-refractivity contribution in [3.63, 3.8) is 0 Å². The molecule has 0 aliphatic heterocycles. The molecule has 1 aromatic rings. The Morgan fingerprint density at radius 2 is 2.36 bits per heavy atom. The van der Waals surface area contributed by atoms with Crippen LogP contribution in [-0.2, 0) is 9.53 Å². The molecule has 0 spiro atoms. The minimum absolute atomic E-state index is 0.272. The summed E-state index contributed by atoms with van der Waals surface area (Å²) >= 11 is 6.16. The maximum atomic E-state index is 11.2. The fourth-order valence-electron chi connectivity index (χ4n) is 2.87.